The maximum absolute atomic E-state index is 13.7. The van der Waals surface area contributed by atoms with Crippen LogP contribution in [0.5, 0.6) is 0 Å². The van der Waals surface area contributed by atoms with Crippen LogP contribution in [0, 0.1) is 0 Å². The SMILES string of the molecule is CCOC(=O)N1CCN(C(=O)C(CCC(=O)OC(C)(C)C)NC(=O)c2cc(N3CC[C@H](O)C3)nc(-c3ccccc3)n2)CC1. The van der Waals surface area contributed by atoms with Gasteiger partial charge in [0.2, 0.25) is 5.91 Å². The van der Waals surface area contributed by atoms with E-state index in [1.54, 1.807) is 38.7 Å². The molecule has 238 valence electrons. The number of carbonyl (C=O) groups is 4. The Morgan fingerprint density at radius 2 is 1.70 bits per heavy atom. The van der Waals surface area contributed by atoms with Crippen molar-refractivity contribution in [3.8, 4) is 11.4 Å². The lowest BCUT2D eigenvalue weighted by Crippen LogP contribution is -2.56. The molecule has 0 spiro atoms. The standard InChI is InChI=1S/C31H42N6O7/c1-5-43-30(42)36-17-15-35(16-18-36)29(41)23(11-12-26(39)44-31(2,3)4)33-28(40)24-19-25(37-14-13-22(38)20-37)34-27(32-24)21-9-7-6-8-10-21/h6-10,19,22-23,38H,5,11-18,20H2,1-4H3,(H,33,40)/t22-,23?/m0/s1. The van der Waals surface area contributed by atoms with Gasteiger partial charge < -0.3 is 34.6 Å². The molecule has 2 aliphatic rings. The smallest absolute Gasteiger partial charge is 0.409 e. The third kappa shape index (κ3) is 8.88. The third-order valence-corrected chi connectivity index (χ3v) is 7.24. The number of aromatic nitrogens is 2. The van der Waals surface area contributed by atoms with Crippen LogP contribution in [0.15, 0.2) is 36.4 Å². The normalized spacial score (nSPS) is 17.7. The van der Waals surface area contributed by atoms with Crippen LogP contribution in [0.2, 0.25) is 0 Å². The molecule has 1 aromatic carbocycles. The Balaban J connectivity index is 1.56. The summed E-state index contributed by atoms with van der Waals surface area (Å²) in [5.74, 6) is -0.627. The minimum atomic E-state index is -1.05. The van der Waals surface area contributed by atoms with Gasteiger partial charge in [-0.1, -0.05) is 30.3 Å². The first-order valence-electron chi connectivity index (χ1n) is 15.0. The molecule has 0 bridgehead atoms. The zero-order valence-electron chi connectivity index (χ0n) is 25.8. The molecule has 2 aliphatic heterocycles. The fourth-order valence-corrected chi connectivity index (χ4v) is 5.07. The quantitative estimate of drug-likeness (QED) is 0.404. The van der Waals surface area contributed by atoms with Crippen molar-refractivity contribution in [1.29, 1.82) is 0 Å². The van der Waals surface area contributed by atoms with Crippen molar-refractivity contribution in [2.45, 2.75) is 64.7 Å². The fourth-order valence-electron chi connectivity index (χ4n) is 5.07. The molecule has 0 aliphatic carbocycles. The molecule has 3 amide bonds. The predicted molar refractivity (Wildman–Crippen MR) is 162 cm³/mol. The van der Waals surface area contributed by atoms with Crippen LogP contribution in [0.25, 0.3) is 11.4 Å². The molecule has 3 heterocycles. The highest BCUT2D eigenvalue weighted by molar-refractivity contribution is 5.97. The summed E-state index contributed by atoms with van der Waals surface area (Å²) in [5, 5.41) is 12.9. The van der Waals surface area contributed by atoms with E-state index >= 15 is 0 Å². The number of anilines is 1. The van der Waals surface area contributed by atoms with E-state index in [4.69, 9.17) is 9.47 Å². The summed E-state index contributed by atoms with van der Waals surface area (Å²) in [4.78, 5) is 66.3. The number of piperazine rings is 1. The van der Waals surface area contributed by atoms with E-state index in [9.17, 15) is 24.3 Å². The summed E-state index contributed by atoms with van der Waals surface area (Å²) >= 11 is 0. The van der Waals surface area contributed by atoms with Gasteiger partial charge in [-0.3, -0.25) is 14.4 Å². The molecule has 0 saturated carbocycles. The average Bonchev–Trinajstić information content (AvgIpc) is 3.44. The molecule has 2 aromatic rings. The first-order valence-corrected chi connectivity index (χ1v) is 15.0. The van der Waals surface area contributed by atoms with Gasteiger partial charge in [0.1, 0.15) is 23.2 Å². The summed E-state index contributed by atoms with van der Waals surface area (Å²) < 4.78 is 10.5. The third-order valence-electron chi connectivity index (χ3n) is 7.24. The van der Waals surface area contributed by atoms with E-state index in [2.05, 4.69) is 15.3 Å². The number of nitrogens with zero attached hydrogens (tertiary/aromatic N) is 5. The highest BCUT2D eigenvalue weighted by Gasteiger charge is 2.32. The number of hydrogen-bond acceptors (Lipinski definition) is 10. The van der Waals surface area contributed by atoms with Crippen molar-refractivity contribution in [2.75, 3.05) is 50.8 Å². The van der Waals surface area contributed by atoms with Crippen LogP contribution >= 0.6 is 0 Å². The van der Waals surface area contributed by atoms with E-state index < -0.39 is 35.7 Å². The van der Waals surface area contributed by atoms with E-state index in [0.29, 0.717) is 36.7 Å². The maximum atomic E-state index is 13.7. The lowest BCUT2D eigenvalue weighted by atomic mass is 10.1. The predicted octanol–water partition coefficient (Wildman–Crippen LogP) is 2.24. The second-order valence-electron chi connectivity index (χ2n) is 11.9. The largest absolute Gasteiger partial charge is 0.460 e. The molecule has 2 atom stereocenters. The summed E-state index contributed by atoms with van der Waals surface area (Å²) in [6.07, 6.45) is -0.432. The first kappa shape index (κ1) is 32.6. The number of aliphatic hydroxyl groups excluding tert-OH is 1. The van der Waals surface area contributed by atoms with Crippen LogP contribution in [0.1, 0.15) is 57.4 Å². The molecule has 4 rings (SSSR count). The van der Waals surface area contributed by atoms with Crippen LogP contribution in [0.3, 0.4) is 0 Å². The Bertz CT molecular complexity index is 1320. The number of nitrogens with one attached hydrogen (secondary N) is 1. The maximum Gasteiger partial charge on any atom is 0.409 e. The molecule has 1 unspecified atom stereocenters. The Hall–Kier alpha value is -4.26. The second kappa shape index (κ2) is 14.5. The van der Waals surface area contributed by atoms with Gasteiger partial charge in [-0.25, -0.2) is 14.8 Å². The zero-order valence-corrected chi connectivity index (χ0v) is 25.8. The number of esters is 1. The molecular weight excluding hydrogens is 568 g/mol. The number of β-amino-alcohol motifs (C(OH)–C–C–N with tert-alkyl or cyclic N) is 1. The Kier molecular flexibility index (Phi) is 10.7. The lowest BCUT2D eigenvalue weighted by Gasteiger charge is -2.36. The minimum Gasteiger partial charge on any atom is -0.460 e. The highest BCUT2D eigenvalue weighted by Crippen LogP contribution is 2.24. The summed E-state index contributed by atoms with van der Waals surface area (Å²) in [6, 6.07) is 9.73. The Labute approximate surface area is 257 Å². The van der Waals surface area contributed by atoms with Crippen molar-refractivity contribution in [2.24, 2.45) is 0 Å². The first-order chi connectivity index (χ1) is 20.9. The van der Waals surface area contributed by atoms with Crippen LogP contribution in [-0.4, -0.2) is 112 Å². The summed E-state index contributed by atoms with van der Waals surface area (Å²) in [6.45, 7) is 9.29. The van der Waals surface area contributed by atoms with E-state index in [0.717, 1.165) is 0 Å². The topological polar surface area (TPSA) is 154 Å². The number of hydrogen-bond donors (Lipinski definition) is 2. The molecular formula is C31H42N6O7. The summed E-state index contributed by atoms with van der Waals surface area (Å²) in [5.41, 5.74) is 0.0649. The van der Waals surface area contributed by atoms with Crippen molar-refractivity contribution < 1.29 is 33.8 Å². The summed E-state index contributed by atoms with van der Waals surface area (Å²) in [7, 11) is 0. The van der Waals surface area contributed by atoms with Crippen molar-refractivity contribution in [3.05, 3.63) is 42.1 Å². The molecule has 0 radical (unpaired) electrons. The van der Waals surface area contributed by atoms with Gasteiger partial charge in [0.25, 0.3) is 5.91 Å². The van der Waals surface area contributed by atoms with Gasteiger partial charge in [0.15, 0.2) is 5.82 Å². The Morgan fingerprint density at radius 1 is 1.02 bits per heavy atom. The van der Waals surface area contributed by atoms with Crippen molar-refractivity contribution in [1.82, 2.24) is 25.1 Å². The number of ether oxygens (including phenoxy) is 2. The van der Waals surface area contributed by atoms with Crippen LogP contribution < -0.4 is 10.2 Å². The number of benzene rings is 1. The molecule has 44 heavy (non-hydrogen) atoms. The number of amides is 3. The van der Waals surface area contributed by atoms with Gasteiger partial charge in [-0.2, -0.15) is 0 Å². The van der Waals surface area contributed by atoms with E-state index in [-0.39, 0.29) is 57.2 Å². The zero-order chi connectivity index (χ0) is 31.9. The van der Waals surface area contributed by atoms with Crippen LogP contribution in [0.4, 0.5) is 10.6 Å². The number of carbonyl (C=O) groups excluding carboxylic acids is 4. The number of rotatable bonds is 9. The van der Waals surface area contributed by atoms with Crippen LogP contribution in [-0.2, 0) is 19.1 Å². The van der Waals surface area contributed by atoms with Gasteiger partial charge in [-0.05, 0) is 40.5 Å². The van der Waals surface area contributed by atoms with Gasteiger partial charge in [0, 0.05) is 57.3 Å². The van der Waals surface area contributed by atoms with Crippen molar-refractivity contribution >= 4 is 29.7 Å². The molecule has 13 nitrogen and oxygen atoms in total. The molecule has 1 aromatic heterocycles. The number of aliphatic hydroxyl groups is 1. The molecule has 2 fully saturated rings. The van der Waals surface area contributed by atoms with Gasteiger partial charge >= 0.3 is 12.1 Å². The monoisotopic (exact) mass is 610 g/mol. The highest BCUT2D eigenvalue weighted by atomic mass is 16.6. The van der Waals surface area contributed by atoms with Gasteiger partial charge in [0.05, 0.1) is 12.7 Å². The minimum absolute atomic E-state index is 0.0133. The fraction of sp³-hybridized carbons (Fsp3) is 0.548. The molecule has 13 heteroatoms. The van der Waals surface area contributed by atoms with E-state index in [1.165, 1.54) is 4.90 Å². The molecule has 2 N–H and O–H groups in total. The second-order valence-corrected chi connectivity index (χ2v) is 11.9. The average molecular weight is 611 g/mol. The molecule has 2 saturated heterocycles. The van der Waals surface area contributed by atoms with Gasteiger partial charge in [-0.15, -0.1) is 0 Å². The van der Waals surface area contributed by atoms with Crippen molar-refractivity contribution in [3.63, 3.8) is 0 Å². The lowest BCUT2D eigenvalue weighted by molar-refractivity contribution is -0.155. The van der Waals surface area contributed by atoms with E-state index in [1.807, 2.05) is 35.2 Å². The Morgan fingerprint density at radius 3 is 2.32 bits per heavy atom.